The zero-order valence-corrected chi connectivity index (χ0v) is 20.7. The fraction of sp³-hybridized carbons (Fsp3) is 0.909. The molecule has 3 rings (SSSR count). The minimum atomic E-state index is -1.93. The molecule has 3 fully saturated rings. The Morgan fingerprint density at radius 2 is 1.72 bits per heavy atom. The molecule has 5 N–H and O–H groups in total. The van der Waals surface area contributed by atoms with Gasteiger partial charge in [0.2, 0.25) is 0 Å². The normalized spacial score (nSPS) is 45.2. The first-order chi connectivity index (χ1) is 14.6. The van der Waals surface area contributed by atoms with Gasteiger partial charge in [-0.2, -0.15) is 11.8 Å². The minimum Gasteiger partial charge on any atom is -0.462 e. The molecule has 9 nitrogen and oxygen atoms in total. The standard InChI is InChI=1S/C22H38N2O7S/c1-18(2)20(4,27)22(6,29)21(5,28)19(3,31-18)12-30-15(25)10-8-7-9-14-16-13(11-32-14)23-17(26)24-16/h13-14,16,27-29H,7-12H2,1-6H3,(H2,23,24,26)/t13-,14?,16-,19+,20+,21?,22-/m0/s1. The molecule has 0 aromatic heterocycles. The van der Waals surface area contributed by atoms with Gasteiger partial charge in [0.1, 0.15) is 29.0 Å². The maximum absolute atomic E-state index is 12.4. The number of hydrogen-bond acceptors (Lipinski definition) is 8. The fourth-order valence-electron chi connectivity index (χ4n) is 5.06. The second kappa shape index (κ2) is 8.30. The number of rotatable bonds is 7. The topological polar surface area (TPSA) is 137 Å². The van der Waals surface area contributed by atoms with Crippen molar-refractivity contribution in [2.45, 2.75) is 113 Å². The highest BCUT2D eigenvalue weighted by molar-refractivity contribution is 8.00. The molecule has 0 aromatic carbocycles. The molecule has 0 bridgehead atoms. The van der Waals surface area contributed by atoms with Crippen molar-refractivity contribution >= 4 is 23.8 Å². The molecular weight excluding hydrogens is 436 g/mol. The van der Waals surface area contributed by atoms with Crippen molar-refractivity contribution in [1.29, 1.82) is 0 Å². The molecule has 10 heteroatoms. The van der Waals surface area contributed by atoms with Gasteiger partial charge in [0.25, 0.3) is 0 Å². The molecule has 3 saturated heterocycles. The Morgan fingerprint density at radius 1 is 1.06 bits per heavy atom. The highest BCUT2D eigenvalue weighted by Crippen LogP contribution is 2.53. The van der Waals surface area contributed by atoms with Crippen molar-refractivity contribution in [2.24, 2.45) is 0 Å². The lowest BCUT2D eigenvalue weighted by Gasteiger charge is -2.65. The van der Waals surface area contributed by atoms with E-state index in [2.05, 4.69) is 10.6 Å². The van der Waals surface area contributed by atoms with Crippen LogP contribution in [-0.4, -0.2) is 85.0 Å². The Hall–Kier alpha value is -1.07. The average molecular weight is 475 g/mol. The van der Waals surface area contributed by atoms with Crippen molar-refractivity contribution in [3.05, 3.63) is 0 Å². The lowest BCUT2D eigenvalue weighted by Crippen LogP contribution is -2.83. The molecule has 3 aliphatic heterocycles. The zero-order chi connectivity index (χ0) is 24.2. The number of nitrogens with one attached hydrogen (secondary N) is 2. The molecule has 3 aliphatic rings. The van der Waals surface area contributed by atoms with Crippen LogP contribution >= 0.6 is 11.8 Å². The second-order valence-electron chi connectivity index (χ2n) is 10.6. The average Bonchev–Trinajstić information content (AvgIpc) is 3.21. The van der Waals surface area contributed by atoms with Gasteiger partial charge in [-0.25, -0.2) is 4.79 Å². The summed E-state index contributed by atoms with van der Waals surface area (Å²) in [4.78, 5) is 23.8. The molecular formula is C22H38N2O7S. The van der Waals surface area contributed by atoms with E-state index in [1.165, 1.54) is 20.8 Å². The van der Waals surface area contributed by atoms with Crippen molar-refractivity contribution in [1.82, 2.24) is 10.6 Å². The summed E-state index contributed by atoms with van der Waals surface area (Å²) in [7, 11) is 0. The molecule has 0 saturated carbocycles. The third kappa shape index (κ3) is 4.02. The van der Waals surface area contributed by atoms with Gasteiger partial charge in [-0.3, -0.25) is 4.79 Å². The molecule has 0 aromatic rings. The summed E-state index contributed by atoms with van der Waals surface area (Å²) in [6.07, 6.45) is 2.62. The Labute approximate surface area is 194 Å². The van der Waals surface area contributed by atoms with Crippen molar-refractivity contribution in [2.75, 3.05) is 12.4 Å². The smallest absolute Gasteiger partial charge is 0.315 e. The van der Waals surface area contributed by atoms with E-state index >= 15 is 0 Å². The van der Waals surface area contributed by atoms with Gasteiger partial charge in [0.05, 0.1) is 17.7 Å². The van der Waals surface area contributed by atoms with Gasteiger partial charge in [-0.05, 0) is 54.4 Å². The molecule has 0 aliphatic carbocycles. The van der Waals surface area contributed by atoms with E-state index in [0.29, 0.717) is 11.7 Å². The van der Waals surface area contributed by atoms with E-state index in [1.54, 1.807) is 20.8 Å². The predicted molar refractivity (Wildman–Crippen MR) is 120 cm³/mol. The number of amides is 2. The molecule has 3 heterocycles. The van der Waals surface area contributed by atoms with Crippen LogP contribution in [0.25, 0.3) is 0 Å². The number of esters is 1. The van der Waals surface area contributed by atoms with E-state index in [4.69, 9.17) is 9.47 Å². The van der Waals surface area contributed by atoms with Gasteiger partial charge in [0.15, 0.2) is 0 Å². The third-order valence-corrected chi connectivity index (χ3v) is 9.65. The molecule has 0 spiro atoms. The highest BCUT2D eigenvalue weighted by atomic mass is 32.2. The monoisotopic (exact) mass is 474 g/mol. The first kappa shape index (κ1) is 25.6. The largest absolute Gasteiger partial charge is 0.462 e. The summed E-state index contributed by atoms with van der Waals surface area (Å²) in [5.74, 6) is 0.495. The van der Waals surface area contributed by atoms with Gasteiger partial charge in [-0.1, -0.05) is 6.42 Å². The van der Waals surface area contributed by atoms with Crippen molar-refractivity contribution in [3.8, 4) is 0 Å². The molecule has 184 valence electrons. The van der Waals surface area contributed by atoms with Crippen LogP contribution < -0.4 is 10.6 Å². The van der Waals surface area contributed by atoms with Crippen LogP contribution in [0.5, 0.6) is 0 Å². The van der Waals surface area contributed by atoms with Crippen LogP contribution in [0.1, 0.15) is 67.2 Å². The molecule has 7 atom stereocenters. The molecule has 0 radical (unpaired) electrons. The van der Waals surface area contributed by atoms with Gasteiger partial charge >= 0.3 is 12.0 Å². The summed E-state index contributed by atoms with van der Waals surface area (Å²) in [5, 5.41) is 39.4. The van der Waals surface area contributed by atoms with E-state index in [0.717, 1.165) is 18.6 Å². The predicted octanol–water partition coefficient (Wildman–Crippen LogP) is 1.08. The number of ether oxygens (including phenoxy) is 2. The summed E-state index contributed by atoms with van der Waals surface area (Å²) in [5.41, 5.74) is -8.21. The quantitative estimate of drug-likeness (QED) is 0.210. The van der Waals surface area contributed by atoms with Crippen LogP contribution in [0.4, 0.5) is 4.79 Å². The Balaban J connectivity index is 1.49. The molecule has 32 heavy (non-hydrogen) atoms. The number of aliphatic hydroxyl groups is 3. The Kier molecular flexibility index (Phi) is 6.63. The second-order valence-corrected chi connectivity index (χ2v) is 11.9. The minimum absolute atomic E-state index is 0.105. The van der Waals surface area contributed by atoms with Crippen LogP contribution in [-0.2, 0) is 14.3 Å². The van der Waals surface area contributed by atoms with Gasteiger partial charge in [0, 0.05) is 17.4 Å². The number of unbranched alkanes of at least 4 members (excludes halogenated alkanes) is 1. The lowest BCUT2D eigenvalue weighted by molar-refractivity contribution is -0.398. The SMILES string of the molecule is CC1(C)O[C@](C)(COC(=O)CCCCC2SC[C@@H]3NC(=O)N[C@H]23)C(C)(O)[C@@](C)(O)[C@]1(C)O. The maximum atomic E-state index is 12.4. The van der Waals surface area contributed by atoms with E-state index < -0.39 is 34.0 Å². The first-order valence-corrected chi connectivity index (χ1v) is 12.3. The van der Waals surface area contributed by atoms with Gasteiger partial charge < -0.3 is 35.4 Å². The van der Waals surface area contributed by atoms with Crippen LogP contribution in [0.15, 0.2) is 0 Å². The first-order valence-electron chi connectivity index (χ1n) is 11.3. The van der Waals surface area contributed by atoms with E-state index in [-0.39, 0.29) is 31.1 Å². The summed E-state index contributed by atoms with van der Waals surface area (Å²) >= 11 is 1.84. The number of hydrogen-bond donors (Lipinski definition) is 5. The van der Waals surface area contributed by atoms with Crippen molar-refractivity contribution < 1.29 is 34.4 Å². The molecule has 2 unspecified atom stereocenters. The van der Waals surface area contributed by atoms with Crippen LogP contribution in [0.2, 0.25) is 0 Å². The van der Waals surface area contributed by atoms with Crippen LogP contribution in [0.3, 0.4) is 0 Å². The number of thioether (sulfide) groups is 1. The van der Waals surface area contributed by atoms with Crippen LogP contribution in [0, 0.1) is 0 Å². The number of carbonyl (C=O) groups is 2. The summed E-state index contributed by atoms with van der Waals surface area (Å²) in [6.45, 7) is 8.75. The number of urea groups is 1. The molecule has 2 amide bonds. The van der Waals surface area contributed by atoms with E-state index in [9.17, 15) is 24.9 Å². The third-order valence-electron chi connectivity index (χ3n) is 8.14. The Bertz CT molecular complexity index is 755. The maximum Gasteiger partial charge on any atom is 0.315 e. The number of carbonyl (C=O) groups excluding carboxylic acids is 2. The summed E-state index contributed by atoms with van der Waals surface area (Å²) < 4.78 is 11.5. The van der Waals surface area contributed by atoms with Crippen molar-refractivity contribution in [3.63, 3.8) is 0 Å². The summed E-state index contributed by atoms with van der Waals surface area (Å²) in [6, 6.07) is 0.235. The van der Waals surface area contributed by atoms with Gasteiger partial charge in [-0.15, -0.1) is 0 Å². The number of fused-ring (bicyclic) bond motifs is 1. The fourth-order valence-corrected chi connectivity index (χ4v) is 6.60. The lowest BCUT2D eigenvalue weighted by atomic mass is 9.59. The zero-order valence-electron chi connectivity index (χ0n) is 19.9. The van der Waals surface area contributed by atoms with E-state index in [1.807, 2.05) is 11.8 Å². The highest BCUT2D eigenvalue weighted by Gasteiger charge is 2.72. The Morgan fingerprint density at radius 3 is 2.38 bits per heavy atom.